The quantitative estimate of drug-likeness (QED) is 0.550. The molecule has 1 heteroatoms. The van der Waals surface area contributed by atoms with Crippen molar-refractivity contribution < 1.29 is 5.11 Å². The summed E-state index contributed by atoms with van der Waals surface area (Å²) in [5, 5.41) is 9.13. The van der Waals surface area contributed by atoms with Crippen LogP contribution in [0.15, 0.2) is 24.3 Å². The van der Waals surface area contributed by atoms with E-state index in [0.717, 1.165) is 18.8 Å². The molecule has 0 saturated heterocycles. The summed E-state index contributed by atoms with van der Waals surface area (Å²) in [5.41, 5.74) is 2.74. The Hall–Kier alpha value is -0.820. The van der Waals surface area contributed by atoms with Crippen molar-refractivity contribution in [2.24, 2.45) is 11.8 Å². The summed E-state index contributed by atoms with van der Waals surface area (Å²) < 4.78 is 0. The average molecular weight is 353 g/mol. The molecule has 1 N–H and O–H groups in total. The molecule has 1 unspecified atom stereocenters. The van der Waals surface area contributed by atoms with Gasteiger partial charge in [-0.2, -0.15) is 0 Å². The molecule has 0 fully saturated rings. The third-order valence-corrected chi connectivity index (χ3v) is 3.91. The summed E-state index contributed by atoms with van der Waals surface area (Å²) in [6.45, 7) is 21.2. The highest BCUT2D eigenvalue weighted by atomic mass is 16.3. The molecule has 1 aromatic rings. The molecule has 0 aromatic heterocycles. The van der Waals surface area contributed by atoms with Crippen LogP contribution in [0.4, 0.5) is 0 Å². The van der Waals surface area contributed by atoms with E-state index in [4.69, 9.17) is 5.11 Å². The normalized spacial score (nSPS) is 10.8. The SMILES string of the molecule is CC.CCCC(O)C(C)C.CCCCC(C)C.Cc1ccccc1C. The van der Waals surface area contributed by atoms with Crippen molar-refractivity contribution in [3.63, 3.8) is 0 Å². The first-order chi connectivity index (χ1) is 11.8. The van der Waals surface area contributed by atoms with Crippen LogP contribution in [0, 0.1) is 25.7 Å². The summed E-state index contributed by atoms with van der Waals surface area (Å²) >= 11 is 0. The van der Waals surface area contributed by atoms with Crippen LogP contribution in [0.2, 0.25) is 0 Å². The first-order valence-corrected chi connectivity index (χ1v) is 10.5. The highest BCUT2D eigenvalue weighted by molar-refractivity contribution is 5.23. The fourth-order valence-corrected chi connectivity index (χ4v) is 1.90. The Balaban J connectivity index is -0.000000277. The van der Waals surface area contributed by atoms with Crippen LogP contribution in [0.1, 0.15) is 98.6 Å². The first kappa shape index (κ1) is 29.0. The lowest BCUT2D eigenvalue weighted by Crippen LogP contribution is -2.13. The van der Waals surface area contributed by atoms with E-state index >= 15 is 0 Å². The molecule has 1 aromatic carbocycles. The molecular formula is C24H48O. The topological polar surface area (TPSA) is 20.2 Å². The van der Waals surface area contributed by atoms with Gasteiger partial charge in [-0.15, -0.1) is 0 Å². The highest BCUT2D eigenvalue weighted by Gasteiger charge is 2.05. The van der Waals surface area contributed by atoms with Gasteiger partial charge in [0, 0.05) is 0 Å². The monoisotopic (exact) mass is 352 g/mol. The third-order valence-electron chi connectivity index (χ3n) is 3.91. The van der Waals surface area contributed by atoms with Gasteiger partial charge in [-0.05, 0) is 43.2 Å². The summed E-state index contributed by atoms with van der Waals surface area (Å²) in [6, 6.07) is 8.36. The van der Waals surface area contributed by atoms with Crippen LogP contribution in [-0.2, 0) is 0 Å². The second kappa shape index (κ2) is 21.2. The predicted octanol–water partition coefficient (Wildman–Crippen LogP) is 7.97. The Morgan fingerprint density at radius 3 is 1.40 bits per heavy atom. The van der Waals surface area contributed by atoms with Gasteiger partial charge in [-0.1, -0.05) is 105 Å². The van der Waals surface area contributed by atoms with Crippen LogP contribution in [0.5, 0.6) is 0 Å². The van der Waals surface area contributed by atoms with E-state index in [2.05, 4.69) is 65.8 Å². The van der Waals surface area contributed by atoms with Gasteiger partial charge < -0.3 is 5.11 Å². The standard InChI is InChI=1S/C8H10.C7H16O.C7H16.C2H6/c1-7-5-3-4-6-8(7)2;1-4-5-7(8)6(2)3;1-4-5-6-7(2)3;1-2/h3-6H,1-2H3;6-8H,4-5H2,1-3H3;7H,4-6H2,1-3H3;1-2H3. The number of aliphatic hydroxyl groups excluding tert-OH is 1. The van der Waals surface area contributed by atoms with E-state index in [1.807, 2.05) is 27.7 Å². The molecule has 1 atom stereocenters. The first-order valence-electron chi connectivity index (χ1n) is 10.5. The number of hydrogen-bond donors (Lipinski definition) is 1. The third kappa shape index (κ3) is 23.2. The van der Waals surface area contributed by atoms with E-state index in [-0.39, 0.29) is 6.10 Å². The number of aliphatic hydroxyl groups is 1. The zero-order chi connectivity index (χ0) is 20.3. The van der Waals surface area contributed by atoms with Gasteiger partial charge in [-0.3, -0.25) is 0 Å². The van der Waals surface area contributed by atoms with Gasteiger partial charge in [0.15, 0.2) is 0 Å². The van der Waals surface area contributed by atoms with Crippen LogP contribution < -0.4 is 0 Å². The summed E-state index contributed by atoms with van der Waals surface area (Å²) in [4.78, 5) is 0. The minimum atomic E-state index is -0.0833. The van der Waals surface area contributed by atoms with Crippen molar-refractivity contribution in [2.45, 2.75) is 107 Å². The fourth-order valence-electron chi connectivity index (χ4n) is 1.90. The number of rotatable bonds is 6. The van der Waals surface area contributed by atoms with Crippen molar-refractivity contribution in [1.82, 2.24) is 0 Å². The number of benzene rings is 1. The predicted molar refractivity (Wildman–Crippen MR) is 117 cm³/mol. The van der Waals surface area contributed by atoms with Gasteiger partial charge in [-0.25, -0.2) is 0 Å². The zero-order valence-corrected chi connectivity index (χ0v) is 19.0. The molecular weight excluding hydrogens is 304 g/mol. The van der Waals surface area contributed by atoms with Gasteiger partial charge in [0.1, 0.15) is 0 Å². The van der Waals surface area contributed by atoms with Crippen LogP contribution >= 0.6 is 0 Å². The van der Waals surface area contributed by atoms with E-state index in [9.17, 15) is 0 Å². The second-order valence-corrected chi connectivity index (χ2v) is 7.22. The molecule has 1 rings (SSSR count). The van der Waals surface area contributed by atoms with Gasteiger partial charge in [0.05, 0.1) is 6.10 Å². The maximum Gasteiger partial charge on any atom is 0.0563 e. The lowest BCUT2D eigenvalue weighted by molar-refractivity contribution is 0.115. The summed E-state index contributed by atoms with van der Waals surface area (Å²) in [7, 11) is 0. The molecule has 0 radical (unpaired) electrons. The highest BCUT2D eigenvalue weighted by Crippen LogP contribution is 2.06. The molecule has 150 valence electrons. The van der Waals surface area contributed by atoms with Crippen molar-refractivity contribution in [3.05, 3.63) is 35.4 Å². The maximum atomic E-state index is 9.13. The molecule has 0 aliphatic rings. The Bertz CT molecular complexity index is 334. The van der Waals surface area contributed by atoms with Crippen LogP contribution in [0.3, 0.4) is 0 Å². The number of aryl methyl sites for hydroxylation is 2. The largest absolute Gasteiger partial charge is 0.393 e. The molecule has 1 nitrogen and oxygen atoms in total. The number of unbranched alkanes of at least 4 members (excludes halogenated alkanes) is 1. The van der Waals surface area contributed by atoms with Crippen molar-refractivity contribution >= 4 is 0 Å². The molecule has 25 heavy (non-hydrogen) atoms. The van der Waals surface area contributed by atoms with Crippen LogP contribution in [-0.4, -0.2) is 11.2 Å². The Labute approximate surface area is 160 Å². The number of hydrogen-bond acceptors (Lipinski definition) is 1. The fraction of sp³-hybridized carbons (Fsp3) is 0.750. The van der Waals surface area contributed by atoms with E-state index in [1.54, 1.807) is 0 Å². The maximum absolute atomic E-state index is 9.13. The van der Waals surface area contributed by atoms with Gasteiger partial charge in [0.2, 0.25) is 0 Å². The molecule has 0 aliphatic carbocycles. The van der Waals surface area contributed by atoms with E-state index in [0.29, 0.717) is 5.92 Å². The van der Waals surface area contributed by atoms with Crippen molar-refractivity contribution in [3.8, 4) is 0 Å². The Morgan fingerprint density at radius 2 is 1.24 bits per heavy atom. The lowest BCUT2D eigenvalue weighted by Gasteiger charge is -2.11. The van der Waals surface area contributed by atoms with E-state index in [1.165, 1.54) is 30.4 Å². The second-order valence-electron chi connectivity index (χ2n) is 7.22. The molecule has 0 spiro atoms. The molecule has 0 heterocycles. The smallest absolute Gasteiger partial charge is 0.0563 e. The van der Waals surface area contributed by atoms with Crippen molar-refractivity contribution in [2.75, 3.05) is 0 Å². The Morgan fingerprint density at radius 1 is 0.800 bits per heavy atom. The van der Waals surface area contributed by atoms with E-state index < -0.39 is 0 Å². The van der Waals surface area contributed by atoms with Crippen LogP contribution in [0.25, 0.3) is 0 Å². The summed E-state index contributed by atoms with van der Waals surface area (Å²) in [6.07, 6.45) is 6.09. The minimum absolute atomic E-state index is 0.0833. The Kier molecular flexibility index (Phi) is 24.6. The van der Waals surface area contributed by atoms with Crippen molar-refractivity contribution in [1.29, 1.82) is 0 Å². The molecule has 0 amide bonds. The van der Waals surface area contributed by atoms with Gasteiger partial charge in [0.25, 0.3) is 0 Å². The average Bonchev–Trinajstić information content (AvgIpc) is 2.59. The zero-order valence-electron chi connectivity index (χ0n) is 19.0. The molecule has 0 saturated carbocycles. The lowest BCUT2D eigenvalue weighted by atomic mass is 10.0. The molecule has 0 bridgehead atoms. The van der Waals surface area contributed by atoms with Gasteiger partial charge >= 0.3 is 0 Å². The minimum Gasteiger partial charge on any atom is -0.393 e. The summed E-state index contributed by atoms with van der Waals surface area (Å²) in [5.74, 6) is 1.33. The molecule has 0 aliphatic heterocycles.